The van der Waals surface area contributed by atoms with Crippen molar-refractivity contribution in [2.75, 3.05) is 11.1 Å². The number of anilines is 1. The van der Waals surface area contributed by atoms with Gasteiger partial charge in [-0.05, 0) is 54.2 Å². The van der Waals surface area contributed by atoms with E-state index in [4.69, 9.17) is 0 Å². The lowest BCUT2D eigenvalue weighted by molar-refractivity contribution is -0.113. The predicted octanol–water partition coefficient (Wildman–Crippen LogP) is 3.68. The van der Waals surface area contributed by atoms with Crippen molar-refractivity contribution in [3.05, 3.63) is 23.8 Å². The average molecular weight is 344 g/mol. The second-order valence-corrected chi connectivity index (χ2v) is 9.20. The maximum absolute atomic E-state index is 12.8. The van der Waals surface area contributed by atoms with Crippen molar-refractivity contribution in [3.63, 3.8) is 0 Å². The maximum atomic E-state index is 12.8. The molecule has 1 heterocycles. The van der Waals surface area contributed by atoms with E-state index in [-0.39, 0.29) is 28.7 Å². The number of carbonyl (C=O) groups excluding carboxylic acids is 2. The Balaban J connectivity index is 1.54. The topological polar surface area (TPSA) is 58.2 Å². The SMILES string of the molecule is CC1(C)C2CCC1(C)C(NC(=O)c1ccc3c(c1)NC(=O)CS3)C2. The summed E-state index contributed by atoms with van der Waals surface area (Å²) in [6.45, 7) is 7.03. The van der Waals surface area contributed by atoms with Crippen LogP contribution in [0.5, 0.6) is 0 Å². The number of carbonyl (C=O) groups is 2. The third-order valence-electron chi connectivity index (χ3n) is 6.97. The van der Waals surface area contributed by atoms with E-state index >= 15 is 0 Å². The summed E-state index contributed by atoms with van der Waals surface area (Å²) in [6, 6.07) is 5.83. The normalized spacial score (nSPS) is 33.0. The van der Waals surface area contributed by atoms with Gasteiger partial charge in [-0.2, -0.15) is 0 Å². The van der Waals surface area contributed by atoms with Crippen LogP contribution in [0.25, 0.3) is 0 Å². The molecule has 24 heavy (non-hydrogen) atoms. The molecule has 2 saturated carbocycles. The molecule has 2 bridgehead atoms. The minimum atomic E-state index is -0.0304. The van der Waals surface area contributed by atoms with Gasteiger partial charge in [0.25, 0.3) is 5.91 Å². The fourth-order valence-electron chi connectivity index (χ4n) is 4.89. The Hall–Kier alpha value is -1.49. The number of amides is 2. The summed E-state index contributed by atoms with van der Waals surface area (Å²) in [5, 5.41) is 6.14. The second-order valence-electron chi connectivity index (χ2n) is 8.18. The van der Waals surface area contributed by atoms with Crippen LogP contribution in [0.3, 0.4) is 0 Å². The number of hydrogen-bond donors (Lipinski definition) is 2. The van der Waals surface area contributed by atoms with Crippen molar-refractivity contribution in [1.82, 2.24) is 5.32 Å². The summed E-state index contributed by atoms with van der Waals surface area (Å²) >= 11 is 1.52. The van der Waals surface area contributed by atoms with Crippen LogP contribution in [-0.2, 0) is 4.79 Å². The van der Waals surface area contributed by atoms with Gasteiger partial charge in [-0.15, -0.1) is 11.8 Å². The van der Waals surface area contributed by atoms with Crippen LogP contribution in [-0.4, -0.2) is 23.6 Å². The van der Waals surface area contributed by atoms with Gasteiger partial charge in [0.05, 0.1) is 11.4 Å². The highest BCUT2D eigenvalue weighted by molar-refractivity contribution is 8.00. The van der Waals surface area contributed by atoms with Gasteiger partial charge in [-0.1, -0.05) is 20.8 Å². The molecule has 4 nitrogen and oxygen atoms in total. The third kappa shape index (κ3) is 2.20. The highest BCUT2D eigenvalue weighted by atomic mass is 32.2. The zero-order valence-corrected chi connectivity index (χ0v) is 15.3. The number of fused-ring (bicyclic) bond motifs is 3. The first kappa shape index (κ1) is 16.0. The number of thioether (sulfide) groups is 1. The van der Waals surface area contributed by atoms with Crippen LogP contribution in [0, 0.1) is 16.7 Å². The highest BCUT2D eigenvalue weighted by Crippen LogP contribution is 2.65. The molecule has 5 heteroatoms. The van der Waals surface area contributed by atoms with Gasteiger partial charge < -0.3 is 10.6 Å². The van der Waals surface area contributed by atoms with Crippen LogP contribution in [0.15, 0.2) is 23.1 Å². The molecular formula is C19H24N2O2S. The van der Waals surface area contributed by atoms with Crippen LogP contribution in [0.4, 0.5) is 5.69 Å². The average Bonchev–Trinajstić information content (AvgIpc) is 2.87. The zero-order valence-electron chi connectivity index (χ0n) is 14.4. The van der Waals surface area contributed by atoms with Crippen molar-refractivity contribution < 1.29 is 9.59 Å². The Bertz CT molecular complexity index is 730. The van der Waals surface area contributed by atoms with Gasteiger partial charge in [0.1, 0.15) is 0 Å². The van der Waals surface area contributed by atoms with Crippen LogP contribution < -0.4 is 10.6 Å². The van der Waals surface area contributed by atoms with Gasteiger partial charge in [0, 0.05) is 16.5 Å². The highest BCUT2D eigenvalue weighted by Gasteiger charge is 2.61. The van der Waals surface area contributed by atoms with Crippen molar-refractivity contribution >= 4 is 29.3 Å². The van der Waals surface area contributed by atoms with Gasteiger partial charge >= 0.3 is 0 Å². The van der Waals surface area contributed by atoms with Crippen LogP contribution >= 0.6 is 11.8 Å². The van der Waals surface area contributed by atoms with Crippen molar-refractivity contribution in [2.24, 2.45) is 16.7 Å². The van der Waals surface area contributed by atoms with E-state index in [1.807, 2.05) is 12.1 Å². The zero-order chi connectivity index (χ0) is 17.1. The van der Waals surface area contributed by atoms with E-state index < -0.39 is 0 Å². The predicted molar refractivity (Wildman–Crippen MR) is 96.3 cm³/mol. The Labute approximate surface area is 147 Å². The summed E-state index contributed by atoms with van der Waals surface area (Å²) in [7, 11) is 0. The van der Waals surface area contributed by atoms with E-state index in [2.05, 4.69) is 31.4 Å². The summed E-state index contributed by atoms with van der Waals surface area (Å²) < 4.78 is 0. The van der Waals surface area contributed by atoms with Crippen molar-refractivity contribution in [2.45, 2.75) is 51.0 Å². The minimum Gasteiger partial charge on any atom is -0.349 e. The second kappa shape index (κ2) is 5.25. The summed E-state index contributed by atoms with van der Waals surface area (Å²) in [6.07, 6.45) is 3.54. The Morgan fingerprint density at radius 2 is 2.12 bits per heavy atom. The Morgan fingerprint density at radius 1 is 1.33 bits per heavy atom. The summed E-state index contributed by atoms with van der Waals surface area (Å²) in [5.74, 6) is 1.10. The lowest BCUT2D eigenvalue weighted by atomic mass is 9.69. The molecular weight excluding hydrogens is 320 g/mol. The molecule has 1 aromatic carbocycles. The number of nitrogens with one attached hydrogen (secondary N) is 2. The number of benzene rings is 1. The van der Waals surface area contributed by atoms with E-state index in [1.54, 1.807) is 6.07 Å². The lowest BCUT2D eigenvalue weighted by Crippen LogP contribution is -2.46. The smallest absolute Gasteiger partial charge is 0.251 e. The van der Waals surface area contributed by atoms with E-state index in [1.165, 1.54) is 24.6 Å². The monoisotopic (exact) mass is 344 g/mol. The van der Waals surface area contributed by atoms with Crippen LogP contribution in [0.1, 0.15) is 50.4 Å². The first-order valence-corrected chi connectivity index (χ1v) is 9.67. The molecule has 2 amide bonds. The summed E-state index contributed by atoms with van der Waals surface area (Å²) in [5.41, 5.74) is 1.83. The van der Waals surface area contributed by atoms with E-state index in [9.17, 15) is 9.59 Å². The van der Waals surface area contributed by atoms with Gasteiger partial charge in [-0.25, -0.2) is 0 Å². The van der Waals surface area contributed by atoms with Gasteiger partial charge in [-0.3, -0.25) is 9.59 Å². The fourth-order valence-corrected chi connectivity index (χ4v) is 5.68. The molecule has 3 unspecified atom stereocenters. The van der Waals surface area contributed by atoms with Gasteiger partial charge in [0.15, 0.2) is 0 Å². The molecule has 4 rings (SSSR count). The molecule has 0 spiro atoms. The molecule has 3 aliphatic rings. The van der Waals surface area contributed by atoms with Gasteiger partial charge in [0.2, 0.25) is 5.91 Å². The standard InChI is InChI=1S/C19H24N2O2S/c1-18(2)12-6-7-19(18,3)15(9-12)21-17(23)11-4-5-14-13(8-11)20-16(22)10-24-14/h4-5,8,12,15H,6-7,9-10H2,1-3H3,(H,20,22)(H,21,23). The van der Waals surface area contributed by atoms with E-state index in [0.717, 1.165) is 17.0 Å². The van der Waals surface area contributed by atoms with E-state index in [0.29, 0.717) is 17.2 Å². The van der Waals surface area contributed by atoms with Crippen molar-refractivity contribution in [1.29, 1.82) is 0 Å². The number of hydrogen-bond acceptors (Lipinski definition) is 3. The molecule has 1 aliphatic heterocycles. The molecule has 1 aromatic rings. The molecule has 0 radical (unpaired) electrons. The molecule has 0 aromatic heterocycles. The Morgan fingerprint density at radius 3 is 2.79 bits per heavy atom. The molecule has 0 saturated heterocycles. The lowest BCUT2D eigenvalue weighted by Gasteiger charge is -2.39. The first-order valence-electron chi connectivity index (χ1n) is 8.69. The maximum Gasteiger partial charge on any atom is 0.251 e. The van der Waals surface area contributed by atoms with Crippen LogP contribution in [0.2, 0.25) is 0 Å². The quantitative estimate of drug-likeness (QED) is 0.860. The van der Waals surface area contributed by atoms with Crippen molar-refractivity contribution in [3.8, 4) is 0 Å². The molecule has 2 aliphatic carbocycles. The Kier molecular flexibility index (Phi) is 3.50. The molecule has 2 fully saturated rings. The largest absolute Gasteiger partial charge is 0.349 e. The number of rotatable bonds is 2. The molecule has 2 N–H and O–H groups in total. The first-order chi connectivity index (χ1) is 11.3. The third-order valence-corrected chi connectivity index (χ3v) is 8.05. The summed E-state index contributed by atoms with van der Waals surface area (Å²) in [4.78, 5) is 25.3. The fraction of sp³-hybridized carbons (Fsp3) is 0.579. The molecule has 3 atom stereocenters. The molecule has 128 valence electrons. The minimum absolute atomic E-state index is 0.00702.